The summed E-state index contributed by atoms with van der Waals surface area (Å²) < 4.78 is 6.86. The van der Waals surface area contributed by atoms with Gasteiger partial charge >= 0.3 is 0 Å². The zero-order valence-electron chi connectivity index (χ0n) is 7.58. The molecule has 1 aromatic carbocycles. The number of aromatic hydroxyl groups is 1. The maximum Gasteiger partial charge on any atom is 0.133 e. The van der Waals surface area contributed by atoms with E-state index in [0.717, 1.165) is 15.8 Å². The third kappa shape index (κ3) is 1.53. The quantitative estimate of drug-likeness (QED) is 0.850. The molecule has 1 N–H and O–H groups in total. The fraction of sp³-hybridized carbons (Fsp3) is 0.200. The molecule has 0 saturated carbocycles. The summed E-state index contributed by atoms with van der Waals surface area (Å²) >= 11 is 7.23. The van der Waals surface area contributed by atoms with Crippen LogP contribution in [-0.2, 0) is 0 Å². The summed E-state index contributed by atoms with van der Waals surface area (Å²) in [7, 11) is 0. The van der Waals surface area contributed by atoms with Crippen molar-refractivity contribution < 1.29 is 9.84 Å². The molecular formula is C10H9ClO2S. The Hall–Kier alpha value is -0.930. The molecule has 0 aliphatic carbocycles. The van der Waals surface area contributed by atoms with Crippen molar-refractivity contribution in [1.82, 2.24) is 0 Å². The van der Waals surface area contributed by atoms with Crippen LogP contribution in [0.2, 0.25) is 4.34 Å². The molecule has 1 aromatic heterocycles. The predicted octanol–water partition coefficient (Wildman–Crippen LogP) is 3.66. The predicted molar refractivity (Wildman–Crippen MR) is 59.7 cm³/mol. The monoisotopic (exact) mass is 228 g/mol. The van der Waals surface area contributed by atoms with E-state index in [-0.39, 0.29) is 5.75 Å². The van der Waals surface area contributed by atoms with Gasteiger partial charge in [-0.1, -0.05) is 11.6 Å². The summed E-state index contributed by atoms with van der Waals surface area (Å²) in [4.78, 5) is 0. The van der Waals surface area contributed by atoms with Crippen molar-refractivity contribution in [2.75, 3.05) is 6.61 Å². The molecule has 4 heteroatoms. The first-order valence-electron chi connectivity index (χ1n) is 4.26. The van der Waals surface area contributed by atoms with E-state index in [1.807, 2.05) is 13.0 Å². The summed E-state index contributed by atoms with van der Waals surface area (Å²) in [5, 5.41) is 10.5. The smallest absolute Gasteiger partial charge is 0.133 e. The van der Waals surface area contributed by atoms with Crippen LogP contribution >= 0.6 is 22.9 Å². The average Bonchev–Trinajstić information content (AvgIpc) is 2.53. The summed E-state index contributed by atoms with van der Waals surface area (Å²) in [6.07, 6.45) is 0. The number of halogens is 1. The number of hydrogen-bond acceptors (Lipinski definition) is 3. The number of thiophene rings is 1. The fourth-order valence-corrected chi connectivity index (χ4v) is 2.49. The molecular weight excluding hydrogens is 220 g/mol. The Morgan fingerprint density at radius 1 is 1.50 bits per heavy atom. The molecule has 0 spiro atoms. The molecule has 2 nitrogen and oxygen atoms in total. The van der Waals surface area contributed by atoms with Gasteiger partial charge in [0, 0.05) is 5.39 Å². The van der Waals surface area contributed by atoms with E-state index in [2.05, 4.69) is 0 Å². The SMILES string of the molecule is CCOc1ccc(O)c2sc(Cl)cc12. The highest BCUT2D eigenvalue weighted by molar-refractivity contribution is 7.23. The van der Waals surface area contributed by atoms with Crippen LogP contribution < -0.4 is 4.74 Å². The third-order valence-electron chi connectivity index (χ3n) is 1.89. The van der Waals surface area contributed by atoms with Gasteiger partial charge in [-0.3, -0.25) is 0 Å². The normalized spacial score (nSPS) is 10.7. The highest BCUT2D eigenvalue weighted by Gasteiger charge is 2.09. The van der Waals surface area contributed by atoms with E-state index >= 15 is 0 Å². The number of phenolic OH excluding ortho intramolecular Hbond substituents is 1. The van der Waals surface area contributed by atoms with Crippen LogP contribution in [0.1, 0.15) is 6.92 Å². The van der Waals surface area contributed by atoms with Crippen LogP contribution in [0.25, 0.3) is 10.1 Å². The summed E-state index contributed by atoms with van der Waals surface area (Å²) in [5.74, 6) is 1.02. The molecule has 0 radical (unpaired) electrons. The lowest BCUT2D eigenvalue weighted by Gasteiger charge is -2.04. The van der Waals surface area contributed by atoms with Crippen molar-refractivity contribution in [3.8, 4) is 11.5 Å². The van der Waals surface area contributed by atoms with Crippen LogP contribution in [0.4, 0.5) is 0 Å². The zero-order valence-corrected chi connectivity index (χ0v) is 9.15. The number of fused-ring (bicyclic) bond motifs is 1. The number of benzene rings is 1. The molecule has 1 heterocycles. The van der Waals surface area contributed by atoms with E-state index in [9.17, 15) is 5.11 Å². The van der Waals surface area contributed by atoms with Gasteiger partial charge in [-0.2, -0.15) is 0 Å². The van der Waals surface area contributed by atoms with Gasteiger partial charge in [0.05, 0.1) is 15.6 Å². The van der Waals surface area contributed by atoms with Gasteiger partial charge in [0.15, 0.2) is 0 Å². The van der Waals surface area contributed by atoms with Crippen molar-refractivity contribution in [2.45, 2.75) is 6.92 Å². The zero-order chi connectivity index (χ0) is 10.1. The van der Waals surface area contributed by atoms with E-state index in [1.165, 1.54) is 11.3 Å². The van der Waals surface area contributed by atoms with Crippen molar-refractivity contribution in [3.63, 3.8) is 0 Å². The summed E-state index contributed by atoms with van der Waals surface area (Å²) in [6.45, 7) is 2.53. The second-order valence-electron chi connectivity index (χ2n) is 2.81. The fourth-order valence-electron chi connectivity index (χ4n) is 1.34. The molecule has 2 aromatic rings. The molecule has 0 unspecified atom stereocenters. The highest BCUT2D eigenvalue weighted by Crippen LogP contribution is 2.40. The standard InChI is InChI=1S/C10H9ClO2S/c1-2-13-8-4-3-7(12)10-6(8)5-9(11)14-10/h3-5,12H,2H2,1H3. The van der Waals surface area contributed by atoms with Crippen LogP contribution in [0.15, 0.2) is 18.2 Å². The van der Waals surface area contributed by atoms with Gasteiger partial charge in [-0.05, 0) is 25.1 Å². The number of phenols is 1. The molecule has 0 fully saturated rings. The maximum atomic E-state index is 9.57. The summed E-state index contributed by atoms with van der Waals surface area (Å²) in [5.41, 5.74) is 0. The second-order valence-corrected chi connectivity index (χ2v) is 4.49. The highest BCUT2D eigenvalue weighted by atomic mass is 35.5. The second kappa shape index (κ2) is 3.67. The largest absolute Gasteiger partial charge is 0.506 e. The van der Waals surface area contributed by atoms with Gasteiger partial charge in [-0.25, -0.2) is 0 Å². The lowest BCUT2D eigenvalue weighted by molar-refractivity contribution is 0.344. The molecule has 0 amide bonds. The first-order valence-corrected chi connectivity index (χ1v) is 5.45. The van der Waals surface area contributed by atoms with Crippen LogP contribution in [0.3, 0.4) is 0 Å². The van der Waals surface area contributed by atoms with Gasteiger partial charge in [0.25, 0.3) is 0 Å². The minimum absolute atomic E-state index is 0.250. The van der Waals surface area contributed by atoms with Crippen molar-refractivity contribution in [3.05, 3.63) is 22.5 Å². The Morgan fingerprint density at radius 2 is 2.29 bits per heavy atom. The third-order valence-corrected chi connectivity index (χ3v) is 3.18. The molecule has 0 bridgehead atoms. The van der Waals surface area contributed by atoms with Crippen molar-refractivity contribution in [2.24, 2.45) is 0 Å². The minimum atomic E-state index is 0.250. The van der Waals surface area contributed by atoms with Crippen LogP contribution in [-0.4, -0.2) is 11.7 Å². The van der Waals surface area contributed by atoms with Gasteiger partial charge in [0.2, 0.25) is 0 Å². The minimum Gasteiger partial charge on any atom is -0.506 e. The summed E-state index contributed by atoms with van der Waals surface area (Å²) in [6, 6.07) is 5.19. The van der Waals surface area contributed by atoms with Crippen molar-refractivity contribution in [1.29, 1.82) is 0 Å². The topological polar surface area (TPSA) is 29.5 Å². The van der Waals surface area contributed by atoms with E-state index in [0.29, 0.717) is 10.9 Å². The van der Waals surface area contributed by atoms with E-state index in [1.54, 1.807) is 12.1 Å². The average molecular weight is 229 g/mol. The molecule has 2 rings (SSSR count). The maximum absolute atomic E-state index is 9.57. The lowest BCUT2D eigenvalue weighted by Crippen LogP contribution is -1.90. The number of ether oxygens (including phenoxy) is 1. The molecule has 0 aliphatic heterocycles. The Bertz CT molecular complexity index is 464. The molecule has 0 aliphatic rings. The van der Waals surface area contributed by atoms with Gasteiger partial charge in [-0.15, -0.1) is 11.3 Å². The van der Waals surface area contributed by atoms with E-state index < -0.39 is 0 Å². The van der Waals surface area contributed by atoms with Gasteiger partial charge in [0.1, 0.15) is 11.5 Å². The molecule has 74 valence electrons. The van der Waals surface area contributed by atoms with Crippen LogP contribution in [0, 0.1) is 0 Å². The van der Waals surface area contributed by atoms with Crippen molar-refractivity contribution >= 4 is 33.0 Å². The molecule has 0 saturated heterocycles. The number of hydrogen-bond donors (Lipinski definition) is 1. The van der Waals surface area contributed by atoms with E-state index in [4.69, 9.17) is 16.3 Å². The number of rotatable bonds is 2. The Balaban J connectivity index is 2.68. The first kappa shape index (κ1) is 9.62. The Morgan fingerprint density at radius 3 is 3.00 bits per heavy atom. The lowest BCUT2D eigenvalue weighted by atomic mass is 10.2. The van der Waals surface area contributed by atoms with Crippen LogP contribution in [0.5, 0.6) is 11.5 Å². The first-order chi connectivity index (χ1) is 6.72. The van der Waals surface area contributed by atoms with Gasteiger partial charge < -0.3 is 9.84 Å². The molecule has 0 atom stereocenters. The molecule has 14 heavy (non-hydrogen) atoms. The Kier molecular flexibility index (Phi) is 2.52. The Labute approximate surface area is 90.7 Å².